The summed E-state index contributed by atoms with van der Waals surface area (Å²) in [5.74, 6) is -0.277. The number of alkyl halides is 3. The lowest BCUT2D eigenvalue weighted by Crippen LogP contribution is -2.08. The summed E-state index contributed by atoms with van der Waals surface area (Å²) < 4.78 is 35.4. The molecule has 0 saturated carbocycles. The highest BCUT2D eigenvalue weighted by atomic mass is 19.4. The zero-order valence-corrected chi connectivity index (χ0v) is 6.77. The average molecular weight is 178 g/mol. The lowest BCUT2D eigenvalue weighted by atomic mass is 10.2. The molecular formula is C8H9F3O. The fourth-order valence-electron chi connectivity index (χ4n) is 0.422. The van der Waals surface area contributed by atoms with E-state index in [1.807, 2.05) is 0 Å². The fourth-order valence-corrected chi connectivity index (χ4v) is 0.422. The lowest BCUT2D eigenvalue weighted by Gasteiger charge is -2.03. The summed E-state index contributed by atoms with van der Waals surface area (Å²) in [7, 11) is 0. The van der Waals surface area contributed by atoms with E-state index in [-0.39, 0.29) is 5.78 Å². The van der Waals surface area contributed by atoms with Gasteiger partial charge in [-0.15, -0.1) is 0 Å². The Balaban J connectivity index is 4.29. The number of allylic oxidation sites excluding steroid dienone is 4. The second-order valence-corrected chi connectivity index (χ2v) is 2.32. The van der Waals surface area contributed by atoms with Gasteiger partial charge in [0.1, 0.15) is 0 Å². The molecule has 0 heterocycles. The molecular weight excluding hydrogens is 169 g/mol. The summed E-state index contributed by atoms with van der Waals surface area (Å²) in [5.41, 5.74) is -0.722. The van der Waals surface area contributed by atoms with Gasteiger partial charge in [-0.05, 0) is 19.9 Å². The lowest BCUT2D eigenvalue weighted by molar-refractivity contribution is -0.112. The highest BCUT2D eigenvalue weighted by Gasteiger charge is 2.29. The second kappa shape index (κ2) is 4.09. The Kier molecular flexibility index (Phi) is 3.73. The third kappa shape index (κ3) is 4.71. The van der Waals surface area contributed by atoms with Crippen LogP contribution in [0.2, 0.25) is 0 Å². The van der Waals surface area contributed by atoms with E-state index in [4.69, 9.17) is 0 Å². The van der Waals surface area contributed by atoms with E-state index in [2.05, 4.69) is 0 Å². The van der Waals surface area contributed by atoms with Gasteiger partial charge in [0.25, 0.3) is 0 Å². The van der Waals surface area contributed by atoms with Crippen LogP contribution in [0.5, 0.6) is 0 Å². The van der Waals surface area contributed by atoms with E-state index in [1.54, 1.807) is 0 Å². The first kappa shape index (κ1) is 10.9. The molecule has 0 aromatic rings. The number of rotatable bonds is 2. The van der Waals surface area contributed by atoms with Crippen LogP contribution < -0.4 is 0 Å². The van der Waals surface area contributed by atoms with Crippen LogP contribution in [0.25, 0.3) is 0 Å². The Bertz CT molecular complexity index is 223. The van der Waals surface area contributed by atoms with E-state index >= 15 is 0 Å². The van der Waals surface area contributed by atoms with Crippen molar-refractivity contribution in [1.82, 2.24) is 0 Å². The summed E-state index contributed by atoms with van der Waals surface area (Å²) in [6.07, 6.45) is -1.27. The third-order valence-corrected chi connectivity index (χ3v) is 1.12. The molecule has 0 atom stereocenters. The summed E-state index contributed by atoms with van der Waals surface area (Å²) >= 11 is 0. The number of halogens is 3. The normalized spacial score (nSPS) is 13.9. The molecule has 68 valence electrons. The summed E-state index contributed by atoms with van der Waals surface area (Å²) in [4.78, 5) is 10.3. The quantitative estimate of drug-likeness (QED) is 0.469. The number of carbonyl (C=O) groups is 1. The Morgan fingerprint density at radius 1 is 1.25 bits per heavy atom. The minimum absolute atomic E-state index is 0.277. The van der Waals surface area contributed by atoms with Crippen molar-refractivity contribution >= 4 is 5.78 Å². The van der Waals surface area contributed by atoms with Crippen molar-refractivity contribution in [2.75, 3.05) is 0 Å². The molecule has 0 N–H and O–H groups in total. The standard InChI is InChI=1S/C8H9F3O/c1-6(8(9,10)11)4-3-5-7(2)12/h3-5H,1-2H3. The highest BCUT2D eigenvalue weighted by Crippen LogP contribution is 2.24. The van der Waals surface area contributed by atoms with Crippen molar-refractivity contribution in [3.8, 4) is 0 Å². The van der Waals surface area contributed by atoms with Gasteiger partial charge in [-0.3, -0.25) is 4.79 Å². The van der Waals surface area contributed by atoms with Crippen LogP contribution in [0.3, 0.4) is 0 Å². The zero-order chi connectivity index (χ0) is 9.78. The molecule has 12 heavy (non-hydrogen) atoms. The van der Waals surface area contributed by atoms with E-state index in [0.29, 0.717) is 0 Å². The van der Waals surface area contributed by atoms with Gasteiger partial charge in [-0.1, -0.05) is 12.2 Å². The molecule has 4 heteroatoms. The van der Waals surface area contributed by atoms with Gasteiger partial charge in [0.05, 0.1) is 0 Å². The molecule has 0 saturated heterocycles. The maximum atomic E-state index is 11.8. The van der Waals surface area contributed by atoms with Crippen molar-refractivity contribution in [3.05, 3.63) is 23.8 Å². The summed E-state index contributed by atoms with van der Waals surface area (Å²) in [5, 5.41) is 0. The van der Waals surface area contributed by atoms with Crippen LogP contribution >= 0.6 is 0 Å². The van der Waals surface area contributed by atoms with Crippen molar-refractivity contribution in [3.63, 3.8) is 0 Å². The van der Waals surface area contributed by atoms with Crippen LogP contribution in [0, 0.1) is 0 Å². The maximum Gasteiger partial charge on any atom is 0.412 e. The third-order valence-electron chi connectivity index (χ3n) is 1.12. The van der Waals surface area contributed by atoms with E-state index in [1.165, 1.54) is 6.92 Å². The molecule has 0 aliphatic carbocycles. The number of hydrogen-bond donors (Lipinski definition) is 0. The molecule has 0 unspecified atom stereocenters. The van der Waals surface area contributed by atoms with E-state index in [0.717, 1.165) is 25.2 Å². The first-order valence-corrected chi connectivity index (χ1v) is 3.27. The Hall–Kier alpha value is -1.06. The Morgan fingerprint density at radius 3 is 2.08 bits per heavy atom. The van der Waals surface area contributed by atoms with Crippen molar-refractivity contribution < 1.29 is 18.0 Å². The topological polar surface area (TPSA) is 17.1 Å². The summed E-state index contributed by atoms with van der Waals surface area (Å²) in [6, 6.07) is 0. The van der Waals surface area contributed by atoms with Gasteiger partial charge in [-0.2, -0.15) is 13.2 Å². The molecule has 0 aromatic carbocycles. The molecule has 0 rings (SSSR count). The SMILES string of the molecule is CC(=O)C=CC=C(C)C(F)(F)F. The maximum absolute atomic E-state index is 11.8. The predicted molar refractivity (Wildman–Crippen MR) is 39.6 cm³/mol. The van der Waals surface area contributed by atoms with Crippen LogP contribution in [-0.2, 0) is 4.79 Å². The predicted octanol–water partition coefficient (Wildman–Crippen LogP) is 2.64. The number of carbonyl (C=O) groups excluding carboxylic acids is 1. The van der Waals surface area contributed by atoms with Gasteiger partial charge < -0.3 is 0 Å². The molecule has 0 bridgehead atoms. The van der Waals surface area contributed by atoms with Crippen LogP contribution in [0.15, 0.2) is 23.8 Å². The first-order chi connectivity index (χ1) is 5.34. The van der Waals surface area contributed by atoms with Crippen LogP contribution in [-0.4, -0.2) is 12.0 Å². The van der Waals surface area contributed by atoms with Crippen LogP contribution in [0.1, 0.15) is 13.8 Å². The first-order valence-electron chi connectivity index (χ1n) is 3.27. The van der Waals surface area contributed by atoms with Gasteiger partial charge in [0.15, 0.2) is 5.78 Å². The summed E-state index contributed by atoms with van der Waals surface area (Å²) in [6.45, 7) is 2.22. The average Bonchev–Trinajstić information content (AvgIpc) is 1.84. The monoisotopic (exact) mass is 178 g/mol. The Labute approximate surface area is 68.6 Å². The molecule has 0 radical (unpaired) electrons. The molecule has 0 aromatic heterocycles. The highest BCUT2D eigenvalue weighted by molar-refractivity contribution is 5.87. The van der Waals surface area contributed by atoms with Crippen molar-refractivity contribution in [2.45, 2.75) is 20.0 Å². The van der Waals surface area contributed by atoms with Gasteiger partial charge in [0.2, 0.25) is 0 Å². The smallest absolute Gasteiger partial charge is 0.295 e. The number of ketones is 1. The molecule has 0 amide bonds. The largest absolute Gasteiger partial charge is 0.412 e. The van der Waals surface area contributed by atoms with Crippen molar-refractivity contribution in [1.29, 1.82) is 0 Å². The number of hydrogen-bond acceptors (Lipinski definition) is 1. The molecule has 1 nitrogen and oxygen atoms in total. The van der Waals surface area contributed by atoms with Gasteiger partial charge in [-0.25, -0.2) is 0 Å². The molecule has 0 fully saturated rings. The van der Waals surface area contributed by atoms with Gasteiger partial charge >= 0.3 is 6.18 Å². The minimum Gasteiger partial charge on any atom is -0.295 e. The molecule has 0 aliphatic rings. The zero-order valence-electron chi connectivity index (χ0n) is 6.77. The Morgan fingerprint density at radius 2 is 1.75 bits per heavy atom. The van der Waals surface area contributed by atoms with E-state index in [9.17, 15) is 18.0 Å². The van der Waals surface area contributed by atoms with Gasteiger partial charge in [0, 0.05) is 5.57 Å². The van der Waals surface area contributed by atoms with Crippen molar-refractivity contribution in [2.24, 2.45) is 0 Å². The minimum atomic E-state index is -4.30. The molecule has 0 spiro atoms. The molecule has 0 aliphatic heterocycles. The van der Waals surface area contributed by atoms with Crippen LogP contribution in [0.4, 0.5) is 13.2 Å². The fraction of sp³-hybridized carbons (Fsp3) is 0.375. The second-order valence-electron chi connectivity index (χ2n) is 2.32. The van der Waals surface area contributed by atoms with E-state index < -0.39 is 11.7 Å².